The second-order valence-corrected chi connectivity index (χ2v) is 5.23. The van der Waals surface area contributed by atoms with E-state index in [1.54, 1.807) is 20.9 Å². The number of carbonyl (C=O) groups excluding carboxylic acids is 1. The SMILES string of the molecule is Cc1ccccc1N(C)C(=O)NC(C)(C)CC(=O)O. The number of aryl methyl sites for hydroxylation is 1. The minimum atomic E-state index is -0.941. The lowest BCUT2D eigenvalue weighted by molar-refractivity contribution is -0.138. The van der Waals surface area contributed by atoms with Gasteiger partial charge in [-0.1, -0.05) is 18.2 Å². The number of rotatable bonds is 4. The molecule has 1 rings (SSSR count). The molecule has 2 amide bonds. The maximum Gasteiger partial charge on any atom is 0.322 e. The van der Waals surface area contributed by atoms with Gasteiger partial charge in [0.15, 0.2) is 0 Å². The molecule has 0 aliphatic heterocycles. The predicted octanol–water partition coefficient (Wildman–Crippen LogP) is 2.39. The standard InChI is InChI=1S/C14H20N2O3/c1-10-7-5-6-8-11(10)16(4)13(19)15-14(2,3)9-12(17)18/h5-8H,9H2,1-4H3,(H,15,19)(H,17,18). The van der Waals surface area contributed by atoms with Crippen LogP contribution in [0.3, 0.4) is 0 Å². The van der Waals surface area contributed by atoms with Crippen LogP contribution in [0, 0.1) is 6.92 Å². The van der Waals surface area contributed by atoms with Crippen molar-refractivity contribution in [2.75, 3.05) is 11.9 Å². The number of hydrogen-bond donors (Lipinski definition) is 2. The highest BCUT2D eigenvalue weighted by Gasteiger charge is 2.25. The summed E-state index contributed by atoms with van der Waals surface area (Å²) in [5.41, 5.74) is 0.988. The lowest BCUT2D eigenvalue weighted by Gasteiger charge is -2.28. The maximum absolute atomic E-state index is 12.1. The Morgan fingerprint density at radius 1 is 1.32 bits per heavy atom. The van der Waals surface area contributed by atoms with Crippen molar-refractivity contribution >= 4 is 17.7 Å². The summed E-state index contributed by atoms with van der Waals surface area (Å²) in [6.07, 6.45) is -0.125. The monoisotopic (exact) mass is 264 g/mol. The molecule has 104 valence electrons. The van der Waals surface area contributed by atoms with Crippen molar-refractivity contribution in [1.29, 1.82) is 0 Å². The van der Waals surface area contributed by atoms with Crippen molar-refractivity contribution in [2.45, 2.75) is 32.7 Å². The molecule has 2 N–H and O–H groups in total. The van der Waals surface area contributed by atoms with E-state index >= 15 is 0 Å². The van der Waals surface area contributed by atoms with Crippen LogP contribution in [0.4, 0.5) is 10.5 Å². The van der Waals surface area contributed by atoms with Gasteiger partial charge in [0.1, 0.15) is 0 Å². The van der Waals surface area contributed by atoms with Crippen molar-refractivity contribution in [3.8, 4) is 0 Å². The number of carboxylic acid groups (broad SMARTS) is 1. The maximum atomic E-state index is 12.1. The molecule has 0 atom stereocenters. The van der Waals surface area contributed by atoms with Gasteiger partial charge in [0.05, 0.1) is 6.42 Å². The summed E-state index contributed by atoms with van der Waals surface area (Å²) in [6.45, 7) is 5.29. The number of anilines is 1. The molecule has 0 saturated carbocycles. The van der Waals surface area contributed by atoms with Gasteiger partial charge < -0.3 is 10.4 Å². The van der Waals surface area contributed by atoms with E-state index < -0.39 is 11.5 Å². The zero-order chi connectivity index (χ0) is 14.6. The molecule has 5 nitrogen and oxygen atoms in total. The van der Waals surface area contributed by atoms with Crippen LogP contribution in [0.5, 0.6) is 0 Å². The van der Waals surface area contributed by atoms with Crippen molar-refractivity contribution in [3.63, 3.8) is 0 Å². The number of urea groups is 1. The van der Waals surface area contributed by atoms with Gasteiger partial charge in [0.2, 0.25) is 0 Å². The second kappa shape index (κ2) is 5.73. The zero-order valence-electron chi connectivity index (χ0n) is 11.7. The van der Waals surface area contributed by atoms with Crippen LogP contribution < -0.4 is 10.2 Å². The number of nitrogens with zero attached hydrogens (tertiary/aromatic N) is 1. The Bertz CT molecular complexity index is 483. The largest absolute Gasteiger partial charge is 0.481 e. The Hall–Kier alpha value is -2.04. The summed E-state index contributed by atoms with van der Waals surface area (Å²) < 4.78 is 0. The van der Waals surface area contributed by atoms with Gasteiger partial charge in [-0.3, -0.25) is 9.69 Å². The molecule has 19 heavy (non-hydrogen) atoms. The summed E-state index contributed by atoms with van der Waals surface area (Å²) in [5, 5.41) is 11.5. The first-order valence-electron chi connectivity index (χ1n) is 6.06. The van der Waals surface area contributed by atoms with E-state index in [2.05, 4.69) is 5.32 Å². The van der Waals surface area contributed by atoms with Crippen LogP contribution in [0.2, 0.25) is 0 Å². The molecule has 0 aromatic heterocycles. The van der Waals surface area contributed by atoms with Gasteiger partial charge >= 0.3 is 12.0 Å². The number of carboxylic acids is 1. The Kier molecular flexibility index (Phi) is 4.53. The van der Waals surface area contributed by atoms with Crippen LogP contribution in [0.25, 0.3) is 0 Å². The van der Waals surface area contributed by atoms with Crippen molar-refractivity contribution < 1.29 is 14.7 Å². The number of aliphatic carboxylic acids is 1. The fourth-order valence-corrected chi connectivity index (χ4v) is 1.84. The molecule has 0 spiro atoms. The Balaban J connectivity index is 2.79. The number of amides is 2. The van der Waals surface area contributed by atoms with Gasteiger partial charge in [0, 0.05) is 18.3 Å². The minimum Gasteiger partial charge on any atom is -0.481 e. The molecule has 0 bridgehead atoms. The molecule has 0 radical (unpaired) electrons. The molecule has 0 heterocycles. The summed E-state index contributed by atoms with van der Waals surface area (Å²) in [6, 6.07) is 7.20. The zero-order valence-corrected chi connectivity index (χ0v) is 11.7. The first kappa shape index (κ1) is 15.0. The quantitative estimate of drug-likeness (QED) is 0.877. The van der Waals surface area contributed by atoms with Crippen molar-refractivity contribution in [1.82, 2.24) is 5.32 Å². The molecular weight excluding hydrogens is 244 g/mol. The molecule has 5 heteroatoms. The Labute approximate surface area is 113 Å². The highest BCUT2D eigenvalue weighted by atomic mass is 16.4. The first-order valence-corrected chi connectivity index (χ1v) is 6.06. The number of para-hydroxylation sites is 1. The lowest BCUT2D eigenvalue weighted by atomic mass is 10.0. The summed E-state index contributed by atoms with van der Waals surface area (Å²) in [7, 11) is 1.66. The normalized spacial score (nSPS) is 10.9. The third kappa shape index (κ3) is 4.28. The van der Waals surface area contributed by atoms with Gasteiger partial charge in [-0.25, -0.2) is 4.79 Å². The highest BCUT2D eigenvalue weighted by molar-refractivity contribution is 5.92. The van der Waals surface area contributed by atoms with Crippen LogP contribution in [0.15, 0.2) is 24.3 Å². The molecule has 0 aliphatic carbocycles. The Morgan fingerprint density at radius 2 is 1.89 bits per heavy atom. The van der Waals surface area contributed by atoms with Crippen molar-refractivity contribution in [3.05, 3.63) is 29.8 Å². The van der Waals surface area contributed by atoms with Crippen LogP contribution in [-0.4, -0.2) is 29.7 Å². The van der Waals surface area contributed by atoms with Crippen LogP contribution >= 0.6 is 0 Å². The smallest absolute Gasteiger partial charge is 0.322 e. The number of hydrogen-bond acceptors (Lipinski definition) is 2. The van der Waals surface area contributed by atoms with E-state index in [4.69, 9.17) is 5.11 Å². The van der Waals surface area contributed by atoms with E-state index in [1.165, 1.54) is 4.90 Å². The first-order chi connectivity index (χ1) is 8.73. The third-order valence-electron chi connectivity index (χ3n) is 2.82. The van der Waals surface area contributed by atoms with E-state index in [-0.39, 0.29) is 12.5 Å². The summed E-state index contributed by atoms with van der Waals surface area (Å²) in [5.74, 6) is -0.941. The summed E-state index contributed by atoms with van der Waals surface area (Å²) in [4.78, 5) is 24.3. The van der Waals surface area contributed by atoms with Gasteiger partial charge in [-0.05, 0) is 32.4 Å². The second-order valence-electron chi connectivity index (χ2n) is 5.23. The molecule has 0 saturated heterocycles. The number of carbonyl (C=O) groups is 2. The minimum absolute atomic E-state index is 0.125. The van der Waals surface area contributed by atoms with E-state index in [0.29, 0.717) is 0 Å². The molecular formula is C14H20N2O3. The van der Waals surface area contributed by atoms with Crippen LogP contribution in [-0.2, 0) is 4.79 Å². The van der Waals surface area contributed by atoms with Crippen molar-refractivity contribution in [2.24, 2.45) is 0 Å². The molecule has 1 aromatic rings. The van der Waals surface area contributed by atoms with E-state index in [1.807, 2.05) is 31.2 Å². The number of nitrogens with one attached hydrogen (secondary N) is 1. The van der Waals surface area contributed by atoms with Crippen LogP contribution in [0.1, 0.15) is 25.8 Å². The predicted molar refractivity (Wildman–Crippen MR) is 74.4 cm³/mol. The highest BCUT2D eigenvalue weighted by Crippen LogP contribution is 2.18. The fourth-order valence-electron chi connectivity index (χ4n) is 1.84. The third-order valence-corrected chi connectivity index (χ3v) is 2.82. The summed E-state index contributed by atoms with van der Waals surface area (Å²) >= 11 is 0. The molecule has 0 unspecified atom stereocenters. The molecule has 0 aliphatic rings. The average molecular weight is 264 g/mol. The van der Waals surface area contributed by atoms with E-state index in [9.17, 15) is 9.59 Å². The van der Waals surface area contributed by atoms with E-state index in [0.717, 1.165) is 11.3 Å². The molecule has 1 aromatic carbocycles. The lowest BCUT2D eigenvalue weighted by Crippen LogP contribution is -2.50. The Morgan fingerprint density at radius 3 is 2.42 bits per heavy atom. The van der Waals surface area contributed by atoms with Gasteiger partial charge in [-0.15, -0.1) is 0 Å². The van der Waals surface area contributed by atoms with Gasteiger partial charge in [0.25, 0.3) is 0 Å². The molecule has 0 fully saturated rings. The number of benzene rings is 1. The fraction of sp³-hybridized carbons (Fsp3) is 0.429. The topological polar surface area (TPSA) is 69.6 Å². The van der Waals surface area contributed by atoms with Gasteiger partial charge in [-0.2, -0.15) is 0 Å². The average Bonchev–Trinajstić information content (AvgIpc) is 2.26.